The van der Waals surface area contributed by atoms with Gasteiger partial charge in [-0.3, -0.25) is 4.79 Å². The third-order valence-corrected chi connectivity index (χ3v) is 5.30. The molecule has 1 unspecified atom stereocenters. The molecule has 0 aromatic heterocycles. The van der Waals surface area contributed by atoms with Gasteiger partial charge in [0, 0.05) is 16.4 Å². The van der Waals surface area contributed by atoms with Crippen LogP contribution in [-0.4, -0.2) is 25.8 Å². The summed E-state index contributed by atoms with van der Waals surface area (Å²) in [5.74, 6) is -1.23. The van der Waals surface area contributed by atoms with Gasteiger partial charge < -0.3 is 20.0 Å². The van der Waals surface area contributed by atoms with Crippen LogP contribution in [0.3, 0.4) is 0 Å². The van der Waals surface area contributed by atoms with E-state index < -0.39 is 18.5 Å². The number of benzene rings is 2. The standard InChI is InChI=1S/C15H15O6PS/c1-9(10-3-2-4-11(16)7-10)15(18)13-8-12(17)5-6-14(13)23-22(19,20)21/h2-9,16-17H,1H3,(H2,19,20,21). The number of carbonyl (C=O) groups is 1. The van der Waals surface area contributed by atoms with Crippen LogP contribution in [0.15, 0.2) is 47.4 Å². The highest BCUT2D eigenvalue weighted by molar-refractivity contribution is 8.54. The summed E-state index contributed by atoms with van der Waals surface area (Å²) in [6.45, 7) is -2.82. The molecular formula is C15H15O6PS. The molecule has 0 fully saturated rings. The summed E-state index contributed by atoms with van der Waals surface area (Å²) >= 11 is 0.265. The van der Waals surface area contributed by atoms with Gasteiger partial charge in [-0.05, 0) is 47.3 Å². The van der Waals surface area contributed by atoms with Crippen LogP contribution in [0, 0.1) is 0 Å². The summed E-state index contributed by atoms with van der Waals surface area (Å²) in [6.07, 6.45) is 0. The third kappa shape index (κ3) is 4.59. The Kier molecular flexibility index (Phi) is 5.16. The summed E-state index contributed by atoms with van der Waals surface area (Å²) in [5.41, 5.74) is 0.583. The Morgan fingerprint density at radius 1 is 1.09 bits per heavy atom. The molecule has 0 saturated carbocycles. The van der Waals surface area contributed by atoms with E-state index >= 15 is 0 Å². The smallest absolute Gasteiger partial charge is 0.388 e. The van der Waals surface area contributed by atoms with Crippen molar-refractivity contribution in [3.05, 3.63) is 53.6 Å². The highest BCUT2D eigenvalue weighted by atomic mass is 32.7. The summed E-state index contributed by atoms with van der Waals surface area (Å²) in [5, 5.41) is 19.1. The molecule has 0 radical (unpaired) electrons. The number of ketones is 1. The van der Waals surface area contributed by atoms with Gasteiger partial charge in [-0.15, -0.1) is 0 Å². The molecule has 2 rings (SSSR count). The molecule has 0 aliphatic heterocycles. The molecule has 8 heteroatoms. The number of carbonyl (C=O) groups excluding carboxylic acids is 1. The van der Waals surface area contributed by atoms with Crippen LogP contribution in [0.4, 0.5) is 0 Å². The lowest BCUT2D eigenvalue weighted by atomic mass is 9.92. The second-order valence-electron chi connectivity index (χ2n) is 4.94. The molecule has 23 heavy (non-hydrogen) atoms. The van der Waals surface area contributed by atoms with Gasteiger partial charge in [0.05, 0.1) is 0 Å². The monoisotopic (exact) mass is 354 g/mol. The third-order valence-electron chi connectivity index (χ3n) is 3.21. The molecule has 1 atom stereocenters. The zero-order chi connectivity index (χ0) is 17.2. The maximum Gasteiger partial charge on any atom is 0.388 e. The number of aromatic hydroxyl groups is 2. The van der Waals surface area contributed by atoms with Gasteiger partial charge in [-0.1, -0.05) is 19.1 Å². The van der Waals surface area contributed by atoms with E-state index in [1.54, 1.807) is 19.1 Å². The summed E-state index contributed by atoms with van der Waals surface area (Å²) < 4.78 is 11.2. The van der Waals surface area contributed by atoms with E-state index in [1.165, 1.54) is 30.3 Å². The quantitative estimate of drug-likeness (QED) is 0.481. The minimum atomic E-state index is -4.44. The second kappa shape index (κ2) is 6.76. The molecule has 0 spiro atoms. The van der Waals surface area contributed by atoms with Crippen molar-refractivity contribution in [2.75, 3.05) is 0 Å². The van der Waals surface area contributed by atoms with E-state index in [4.69, 9.17) is 9.79 Å². The van der Waals surface area contributed by atoms with Crippen LogP contribution < -0.4 is 0 Å². The van der Waals surface area contributed by atoms with Crippen LogP contribution in [0.2, 0.25) is 0 Å². The maximum atomic E-state index is 12.7. The van der Waals surface area contributed by atoms with Gasteiger partial charge in [-0.2, -0.15) is 0 Å². The topological polar surface area (TPSA) is 115 Å². The molecule has 0 saturated heterocycles. The van der Waals surface area contributed by atoms with Gasteiger partial charge in [0.2, 0.25) is 0 Å². The predicted octanol–water partition coefficient (Wildman–Crippen LogP) is 3.27. The van der Waals surface area contributed by atoms with Gasteiger partial charge in [0.25, 0.3) is 0 Å². The van der Waals surface area contributed by atoms with Crippen LogP contribution in [-0.2, 0) is 4.57 Å². The van der Waals surface area contributed by atoms with Crippen molar-refractivity contribution >= 4 is 24.0 Å². The zero-order valence-corrected chi connectivity index (χ0v) is 13.8. The normalized spacial score (nSPS) is 12.8. The van der Waals surface area contributed by atoms with E-state index in [0.29, 0.717) is 5.56 Å². The molecule has 0 bridgehead atoms. The lowest BCUT2D eigenvalue weighted by molar-refractivity contribution is 0.0963. The Morgan fingerprint density at radius 3 is 2.35 bits per heavy atom. The molecule has 4 N–H and O–H groups in total. The zero-order valence-electron chi connectivity index (χ0n) is 12.1. The van der Waals surface area contributed by atoms with E-state index in [0.717, 1.165) is 0 Å². The fraction of sp³-hybridized carbons (Fsp3) is 0.133. The van der Waals surface area contributed by atoms with E-state index in [1.807, 2.05) is 0 Å². The van der Waals surface area contributed by atoms with Gasteiger partial charge >= 0.3 is 6.80 Å². The number of phenols is 2. The number of hydrogen-bond acceptors (Lipinski definition) is 5. The Morgan fingerprint density at radius 2 is 1.74 bits per heavy atom. The molecular weight excluding hydrogens is 339 g/mol. The fourth-order valence-electron chi connectivity index (χ4n) is 2.10. The lowest BCUT2D eigenvalue weighted by Crippen LogP contribution is -2.10. The average molecular weight is 354 g/mol. The first kappa shape index (κ1) is 17.6. The number of Topliss-reactive ketones (excluding diaryl/α,β-unsaturated/α-hetero) is 1. The van der Waals surface area contributed by atoms with Crippen molar-refractivity contribution < 1.29 is 29.4 Å². The van der Waals surface area contributed by atoms with Crippen molar-refractivity contribution in [3.8, 4) is 11.5 Å². The number of phenolic OH excluding ortho intramolecular Hbond substituents is 2. The minimum absolute atomic E-state index is 0.0166. The Bertz CT molecular complexity index is 785. The van der Waals surface area contributed by atoms with Crippen LogP contribution in [0.25, 0.3) is 0 Å². The molecule has 122 valence electrons. The van der Waals surface area contributed by atoms with Crippen LogP contribution in [0.5, 0.6) is 11.5 Å². The van der Waals surface area contributed by atoms with Crippen molar-refractivity contribution in [1.82, 2.24) is 0 Å². The van der Waals surface area contributed by atoms with E-state index in [-0.39, 0.29) is 33.3 Å². The molecule has 0 aliphatic carbocycles. The van der Waals surface area contributed by atoms with Crippen LogP contribution in [0.1, 0.15) is 28.8 Å². The molecule has 6 nitrogen and oxygen atoms in total. The fourth-order valence-corrected chi connectivity index (χ4v) is 3.99. The van der Waals surface area contributed by atoms with Gasteiger partial charge in [0.15, 0.2) is 5.78 Å². The Balaban J connectivity index is 2.42. The highest BCUT2D eigenvalue weighted by Gasteiger charge is 2.25. The Labute approximate surface area is 136 Å². The molecule has 2 aromatic carbocycles. The van der Waals surface area contributed by atoms with Gasteiger partial charge in [-0.25, -0.2) is 4.57 Å². The van der Waals surface area contributed by atoms with Crippen molar-refractivity contribution in [2.45, 2.75) is 17.7 Å². The predicted molar refractivity (Wildman–Crippen MR) is 86.9 cm³/mol. The van der Waals surface area contributed by atoms with E-state index in [9.17, 15) is 19.6 Å². The summed E-state index contributed by atoms with van der Waals surface area (Å²) in [6, 6.07) is 9.92. The first-order valence-electron chi connectivity index (χ1n) is 6.58. The van der Waals surface area contributed by atoms with E-state index in [2.05, 4.69) is 0 Å². The molecule has 2 aromatic rings. The molecule has 0 heterocycles. The maximum absolute atomic E-state index is 12.7. The highest BCUT2D eigenvalue weighted by Crippen LogP contribution is 2.55. The SMILES string of the molecule is CC(C(=O)c1cc(O)ccc1SP(=O)(O)O)c1cccc(O)c1. The molecule has 0 amide bonds. The number of rotatable bonds is 5. The number of hydrogen-bond donors (Lipinski definition) is 4. The van der Waals surface area contributed by atoms with Gasteiger partial charge in [0.1, 0.15) is 11.5 Å². The summed E-state index contributed by atoms with van der Waals surface area (Å²) in [4.78, 5) is 31.0. The van der Waals surface area contributed by atoms with Crippen molar-refractivity contribution in [2.24, 2.45) is 0 Å². The summed E-state index contributed by atoms with van der Waals surface area (Å²) in [7, 11) is 0. The van der Waals surface area contributed by atoms with Crippen molar-refractivity contribution in [1.29, 1.82) is 0 Å². The van der Waals surface area contributed by atoms with Crippen molar-refractivity contribution in [3.63, 3.8) is 0 Å². The second-order valence-corrected chi connectivity index (χ2v) is 8.52. The Hall–Kier alpha value is -1.79. The first-order valence-corrected chi connectivity index (χ1v) is 9.62. The minimum Gasteiger partial charge on any atom is -0.508 e. The van der Waals surface area contributed by atoms with Crippen LogP contribution >= 0.6 is 18.2 Å². The molecule has 0 aliphatic rings. The largest absolute Gasteiger partial charge is 0.508 e. The average Bonchev–Trinajstić information content (AvgIpc) is 2.46. The first-order chi connectivity index (χ1) is 10.7. The lowest BCUT2D eigenvalue weighted by Gasteiger charge is -2.15.